The summed E-state index contributed by atoms with van der Waals surface area (Å²) in [5.74, 6) is 0.634. The fraction of sp³-hybridized carbons (Fsp3) is 0.250. The minimum atomic E-state index is -0.154. The smallest absolute Gasteiger partial charge is 0.137 e. The van der Waals surface area contributed by atoms with E-state index in [4.69, 9.17) is 16.3 Å². The molecule has 0 bridgehead atoms. The molecule has 0 saturated heterocycles. The minimum absolute atomic E-state index is 0.00942. The first-order valence-electron chi connectivity index (χ1n) is 6.46. The van der Waals surface area contributed by atoms with Crippen molar-refractivity contribution in [1.29, 1.82) is 0 Å². The zero-order chi connectivity index (χ0) is 14.4. The third-order valence-corrected chi connectivity index (χ3v) is 3.45. The Morgan fingerprint density at radius 2 is 1.95 bits per heavy atom. The van der Waals surface area contributed by atoms with Crippen LogP contribution in [0.4, 0.5) is 0 Å². The number of ether oxygens (including phenoxy) is 1. The second-order valence-electron chi connectivity index (χ2n) is 4.50. The Hall–Kier alpha value is -1.55. The van der Waals surface area contributed by atoms with Crippen LogP contribution >= 0.6 is 11.6 Å². The number of methoxy groups -OCH3 is 1. The van der Waals surface area contributed by atoms with Gasteiger partial charge in [-0.05, 0) is 23.3 Å². The van der Waals surface area contributed by atoms with E-state index in [9.17, 15) is 5.11 Å². The Morgan fingerprint density at radius 1 is 1.20 bits per heavy atom. The van der Waals surface area contributed by atoms with E-state index in [-0.39, 0.29) is 12.6 Å². The number of aliphatic hydroxyl groups is 1. The molecule has 0 fully saturated rings. The van der Waals surface area contributed by atoms with Crippen molar-refractivity contribution in [2.24, 2.45) is 0 Å². The summed E-state index contributed by atoms with van der Waals surface area (Å²) in [6.45, 7) is 0.700. The van der Waals surface area contributed by atoms with Crippen LogP contribution in [0.2, 0.25) is 5.02 Å². The van der Waals surface area contributed by atoms with Crippen LogP contribution < -0.4 is 10.1 Å². The van der Waals surface area contributed by atoms with E-state index in [1.165, 1.54) is 5.56 Å². The van der Waals surface area contributed by atoms with E-state index in [1.807, 2.05) is 48.5 Å². The average Bonchev–Trinajstić information content (AvgIpc) is 2.49. The van der Waals surface area contributed by atoms with E-state index in [1.54, 1.807) is 7.11 Å². The van der Waals surface area contributed by atoms with Crippen LogP contribution in [0, 0.1) is 0 Å². The maximum atomic E-state index is 9.54. The first kappa shape index (κ1) is 14.9. The van der Waals surface area contributed by atoms with Crippen molar-refractivity contribution in [2.75, 3.05) is 13.7 Å². The molecule has 4 heteroatoms. The Labute approximate surface area is 124 Å². The van der Waals surface area contributed by atoms with Gasteiger partial charge in [-0.25, -0.2) is 0 Å². The van der Waals surface area contributed by atoms with Gasteiger partial charge in [0, 0.05) is 6.54 Å². The highest BCUT2D eigenvalue weighted by atomic mass is 35.5. The molecular formula is C16H18ClNO2. The highest BCUT2D eigenvalue weighted by Gasteiger charge is 2.12. The predicted molar refractivity (Wildman–Crippen MR) is 81.1 cm³/mol. The van der Waals surface area contributed by atoms with Gasteiger partial charge in [-0.15, -0.1) is 0 Å². The van der Waals surface area contributed by atoms with Crippen LogP contribution in [0.5, 0.6) is 5.75 Å². The predicted octanol–water partition coefficient (Wildman–Crippen LogP) is 3.17. The molecule has 0 aliphatic rings. The van der Waals surface area contributed by atoms with Gasteiger partial charge in [-0.1, -0.05) is 48.0 Å². The van der Waals surface area contributed by atoms with Crippen LogP contribution in [0.1, 0.15) is 17.2 Å². The van der Waals surface area contributed by atoms with Crippen LogP contribution in [0.25, 0.3) is 0 Å². The molecule has 2 rings (SSSR count). The lowest BCUT2D eigenvalue weighted by molar-refractivity contribution is 0.243. The van der Waals surface area contributed by atoms with E-state index in [0.29, 0.717) is 17.3 Å². The third kappa shape index (κ3) is 3.73. The molecule has 2 N–H and O–H groups in total. The monoisotopic (exact) mass is 291 g/mol. The van der Waals surface area contributed by atoms with E-state index < -0.39 is 0 Å². The molecule has 2 aromatic rings. The number of nitrogens with one attached hydrogen (secondary N) is 1. The molecule has 1 atom stereocenters. The van der Waals surface area contributed by atoms with Crippen molar-refractivity contribution in [3.63, 3.8) is 0 Å². The van der Waals surface area contributed by atoms with Gasteiger partial charge < -0.3 is 15.2 Å². The first-order chi connectivity index (χ1) is 9.74. The average molecular weight is 292 g/mol. The fourth-order valence-electron chi connectivity index (χ4n) is 2.02. The zero-order valence-corrected chi connectivity index (χ0v) is 12.1. The summed E-state index contributed by atoms with van der Waals surface area (Å²) >= 11 is 6.11. The summed E-state index contributed by atoms with van der Waals surface area (Å²) in [6.07, 6.45) is 0. The van der Waals surface area contributed by atoms with Gasteiger partial charge in [0.15, 0.2) is 0 Å². The normalized spacial score (nSPS) is 12.2. The molecule has 0 aliphatic carbocycles. The molecule has 106 valence electrons. The van der Waals surface area contributed by atoms with Gasteiger partial charge in [0.25, 0.3) is 0 Å². The summed E-state index contributed by atoms with van der Waals surface area (Å²) in [5.41, 5.74) is 2.11. The molecule has 1 unspecified atom stereocenters. The van der Waals surface area contributed by atoms with Gasteiger partial charge in [0.2, 0.25) is 0 Å². The lowest BCUT2D eigenvalue weighted by atomic mass is 10.1. The number of aliphatic hydroxyl groups excluding tert-OH is 1. The number of hydrogen-bond acceptors (Lipinski definition) is 3. The summed E-state index contributed by atoms with van der Waals surface area (Å²) in [6, 6.07) is 15.4. The summed E-state index contributed by atoms with van der Waals surface area (Å²) < 4.78 is 5.13. The topological polar surface area (TPSA) is 41.5 Å². The Balaban J connectivity index is 2.06. The van der Waals surface area contributed by atoms with Gasteiger partial charge in [0.05, 0.1) is 24.8 Å². The second kappa shape index (κ2) is 7.29. The van der Waals surface area contributed by atoms with Crippen LogP contribution in [-0.4, -0.2) is 18.8 Å². The molecule has 0 aliphatic heterocycles. The Bertz CT molecular complexity index is 545. The largest absolute Gasteiger partial charge is 0.495 e. The van der Waals surface area contributed by atoms with Crippen molar-refractivity contribution in [3.8, 4) is 5.75 Å². The van der Waals surface area contributed by atoms with Gasteiger partial charge in [0.1, 0.15) is 5.75 Å². The van der Waals surface area contributed by atoms with Crippen LogP contribution in [0.15, 0.2) is 48.5 Å². The van der Waals surface area contributed by atoms with Crippen LogP contribution in [-0.2, 0) is 6.54 Å². The molecule has 3 nitrogen and oxygen atoms in total. The minimum Gasteiger partial charge on any atom is -0.495 e. The summed E-state index contributed by atoms with van der Waals surface area (Å²) in [7, 11) is 1.58. The molecule has 2 aromatic carbocycles. The lowest BCUT2D eigenvalue weighted by Crippen LogP contribution is -2.24. The fourth-order valence-corrected chi connectivity index (χ4v) is 2.29. The van der Waals surface area contributed by atoms with Crippen LogP contribution in [0.3, 0.4) is 0 Å². The van der Waals surface area contributed by atoms with Gasteiger partial charge in [-0.3, -0.25) is 0 Å². The highest BCUT2D eigenvalue weighted by molar-refractivity contribution is 6.32. The first-order valence-corrected chi connectivity index (χ1v) is 6.84. The molecule has 0 saturated carbocycles. The maximum absolute atomic E-state index is 9.54. The zero-order valence-electron chi connectivity index (χ0n) is 11.3. The van der Waals surface area contributed by atoms with Crippen molar-refractivity contribution < 1.29 is 9.84 Å². The Kier molecular flexibility index (Phi) is 5.41. The third-order valence-electron chi connectivity index (χ3n) is 3.16. The van der Waals surface area contributed by atoms with Crippen molar-refractivity contribution in [3.05, 3.63) is 64.7 Å². The standard InChI is InChI=1S/C16H18ClNO2/c1-20-16-8-7-13(9-14(16)17)15(11-19)18-10-12-5-3-2-4-6-12/h2-9,15,18-19H,10-11H2,1H3. The number of benzene rings is 2. The molecule has 0 amide bonds. The van der Waals surface area contributed by atoms with Crippen molar-refractivity contribution >= 4 is 11.6 Å². The number of hydrogen-bond donors (Lipinski definition) is 2. The number of halogens is 1. The van der Waals surface area contributed by atoms with Gasteiger partial charge in [-0.2, -0.15) is 0 Å². The van der Waals surface area contributed by atoms with E-state index in [0.717, 1.165) is 5.56 Å². The van der Waals surface area contributed by atoms with Crippen molar-refractivity contribution in [2.45, 2.75) is 12.6 Å². The molecule has 0 radical (unpaired) electrons. The SMILES string of the molecule is COc1ccc(C(CO)NCc2ccccc2)cc1Cl. The molecule has 0 aromatic heterocycles. The molecular weight excluding hydrogens is 274 g/mol. The molecule has 20 heavy (non-hydrogen) atoms. The number of rotatable bonds is 6. The molecule has 0 heterocycles. The highest BCUT2D eigenvalue weighted by Crippen LogP contribution is 2.27. The lowest BCUT2D eigenvalue weighted by Gasteiger charge is -2.17. The molecule has 0 spiro atoms. The Morgan fingerprint density at radius 3 is 2.55 bits per heavy atom. The second-order valence-corrected chi connectivity index (χ2v) is 4.90. The van der Waals surface area contributed by atoms with E-state index in [2.05, 4.69) is 5.32 Å². The summed E-state index contributed by atoms with van der Waals surface area (Å²) in [4.78, 5) is 0. The van der Waals surface area contributed by atoms with Gasteiger partial charge >= 0.3 is 0 Å². The maximum Gasteiger partial charge on any atom is 0.137 e. The quantitative estimate of drug-likeness (QED) is 0.859. The van der Waals surface area contributed by atoms with E-state index >= 15 is 0 Å². The summed E-state index contributed by atoms with van der Waals surface area (Å²) in [5, 5.41) is 13.4. The van der Waals surface area contributed by atoms with Crippen molar-refractivity contribution in [1.82, 2.24) is 5.32 Å².